The molecule has 0 amide bonds. The standard InChI is InChI=1S/C13H16Cl2N2/c1-3-17(9-10(2)8-16)12-5-4-11(7-14)13(15)6-12/h4-6,10H,3,7,9H2,1-2H3. The summed E-state index contributed by atoms with van der Waals surface area (Å²) in [6.07, 6.45) is 0. The zero-order valence-electron chi connectivity index (χ0n) is 10.1. The summed E-state index contributed by atoms with van der Waals surface area (Å²) in [4.78, 5) is 2.14. The minimum Gasteiger partial charge on any atom is -0.370 e. The zero-order chi connectivity index (χ0) is 12.8. The summed E-state index contributed by atoms with van der Waals surface area (Å²) < 4.78 is 0. The summed E-state index contributed by atoms with van der Waals surface area (Å²) in [6, 6.07) is 8.08. The van der Waals surface area contributed by atoms with Crippen LogP contribution < -0.4 is 4.90 Å². The van der Waals surface area contributed by atoms with Gasteiger partial charge in [0.2, 0.25) is 0 Å². The molecule has 1 aromatic rings. The van der Waals surface area contributed by atoms with E-state index >= 15 is 0 Å². The van der Waals surface area contributed by atoms with Gasteiger partial charge in [-0.05, 0) is 31.5 Å². The fourth-order valence-electron chi connectivity index (χ4n) is 1.63. The van der Waals surface area contributed by atoms with E-state index in [0.29, 0.717) is 17.4 Å². The van der Waals surface area contributed by atoms with Gasteiger partial charge in [0, 0.05) is 29.7 Å². The quantitative estimate of drug-likeness (QED) is 0.755. The Morgan fingerprint density at radius 2 is 2.18 bits per heavy atom. The molecule has 0 spiro atoms. The first-order valence-corrected chi connectivity index (χ1v) is 6.52. The van der Waals surface area contributed by atoms with Crippen molar-refractivity contribution in [1.82, 2.24) is 0 Å². The highest BCUT2D eigenvalue weighted by atomic mass is 35.5. The van der Waals surface area contributed by atoms with Gasteiger partial charge in [-0.15, -0.1) is 11.6 Å². The van der Waals surface area contributed by atoms with Crippen LogP contribution in [0.5, 0.6) is 0 Å². The van der Waals surface area contributed by atoms with E-state index in [1.807, 2.05) is 25.1 Å². The smallest absolute Gasteiger partial charge is 0.0671 e. The van der Waals surface area contributed by atoms with Crippen LogP contribution in [0.15, 0.2) is 18.2 Å². The van der Waals surface area contributed by atoms with Crippen LogP contribution in [0.25, 0.3) is 0 Å². The van der Waals surface area contributed by atoms with Crippen molar-refractivity contribution in [3.8, 4) is 6.07 Å². The monoisotopic (exact) mass is 270 g/mol. The molecule has 1 rings (SSSR count). The van der Waals surface area contributed by atoms with E-state index in [9.17, 15) is 0 Å². The average molecular weight is 271 g/mol. The van der Waals surface area contributed by atoms with Crippen molar-refractivity contribution < 1.29 is 0 Å². The molecule has 0 fully saturated rings. The molecule has 92 valence electrons. The van der Waals surface area contributed by atoms with Gasteiger partial charge >= 0.3 is 0 Å². The van der Waals surface area contributed by atoms with Crippen molar-refractivity contribution in [1.29, 1.82) is 5.26 Å². The van der Waals surface area contributed by atoms with Crippen molar-refractivity contribution in [2.45, 2.75) is 19.7 Å². The number of anilines is 1. The molecule has 1 atom stereocenters. The van der Waals surface area contributed by atoms with Crippen molar-refractivity contribution in [3.05, 3.63) is 28.8 Å². The fourth-order valence-corrected chi connectivity index (χ4v) is 2.17. The Morgan fingerprint density at radius 3 is 2.65 bits per heavy atom. The molecule has 17 heavy (non-hydrogen) atoms. The van der Waals surface area contributed by atoms with E-state index < -0.39 is 0 Å². The molecule has 1 aromatic carbocycles. The highest BCUT2D eigenvalue weighted by Crippen LogP contribution is 2.25. The van der Waals surface area contributed by atoms with Crippen LogP contribution >= 0.6 is 23.2 Å². The molecular weight excluding hydrogens is 255 g/mol. The summed E-state index contributed by atoms with van der Waals surface area (Å²) >= 11 is 11.9. The molecule has 0 saturated heterocycles. The first kappa shape index (κ1) is 14.2. The van der Waals surface area contributed by atoms with E-state index in [0.717, 1.165) is 17.8 Å². The molecule has 0 bridgehead atoms. The molecule has 0 aliphatic heterocycles. The van der Waals surface area contributed by atoms with Gasteiger partial charge in [-0.3, -0.25) is 0 Å². The lowest BCUT2D eigenvalue weighted by Gasteiger charge is -2.24. The summed E-state index contributed by atoms with van der Waals surface area (Å²) in [5.41, 5.74) is 1.97. The van der Waals surface area contributed by atoms with Crippen LogP contribution in [0.4, 0.5) is 5.69 Å². The van der Waals surface area contributed by atoms with Crippen LogP contribution in [0.1, 0.15) is 19.4 Å². The van der Waals surface area contributed by atoms with Gasteiger partial charge in [0.05, 0.1) is 12.0 Å². The summed E-state index contributed by atoms with van der Waals surface area (Å²) in [5.74, 6) is 0.418. The molecule has 0 aliphatic rings. The number of rotatable bonds is 5. The van der Waals surface area contributed by atoms with E-state index in [-0.39, 0.29) is 5.92 Å². The average Bonchev–Trinajstić information content (AvgIpc) is 2.35. The van der Waals surface area contributed by atoms with E-state index in [1.165, 1.54) is 0 Å². The van der Waals surface area contributed by atoms with E-state index in [2.05, 4.69) is 17.9 Å². The highest BCUT2D eigenvalue weighted by Gasteiger charge is 2.10. The lowest BCUT2D eigenvalue weighted by atomic mass is 10.1. The number of nitriles is 1. The van der Waals surface area contributed by atoms with Crippen molar-refractivity contribution in [2.75, 3.05) is 18.0 Å². The maximum atomic E-state index is 8.84. The highest BCUT2D eigenvalue weighted by molar-refractivity contribution is 6.32. The van der Waals surface area contributed by atoms with Gasteiger partial charge in [-0.1, -0.05) is 17.7 Å². The van der Waals surface area contributed by atoms with Crippen LogP contribution in [0, 0.1) is 17.2 Å². The van der Waals surface area contributed by atoms with Crippen molar-refractivity contribution >= 4 is 28.9 Å². The number of alkyl halides is 1. The van der Waals surface area contributed by atoms with E-state index in [1.54, 1.807) is 0 Å². The second-order valence-corrected chi connectivity index (χ2v) is 4.65. The Balaban J connectivity index is 2.89. The molecule has 0 radical (unpaired) electrons. The third-order valence-corrected chi connectivity index (χ3v) is 3.28. The van der Waals surface area contributed by atoms with Crippen LogP contribution in [-0.4, -0.2) is 13.1 Å². The minimum absolute atomic E-state index is 0.00132. The molecule has 0 N–H and O–H groups in total. The second kappa shape index (κ2) is 6.74. The fraction of sp³-hybridized carbons (Fsp3) is 0.462. The third-order valence-electron chi connectivity index (χ3n) is 2.64. The zero-order valence-corrected chi connectivity index (χ0v) is 11.6. The van der Waals surface area contributed by atoms with Crippen LogP contribution in [-0.2, 0) is 5.88 Å². The van der Waals surface area contributed by atoms with Crippen molar-refractivity contribution in [2.24, 2.45) is 5.92 Å². The molecule has 0 aromatic heterocycles. The first-order valence-electron chi connectivity index (χ1n) is 5.61. The number of benzene rings is 1. The lowest BCUT2D eigenvalue weighted by molar-refractivity contribution is 0.686. The van der Waals surface area contributed by atoms with E-state index in [4.69, 9.17) is 28.5 Å². The van der Waals surface area contributed by atoms with Crippen LogP contribution in [0.3, 0.4) is 0 Å². The Kier molecular flexibility index (Phi) is 5.61. The second-order valence-electron chi connectivity index (χ2n) is 3.98. The van der Waals surface area contributed by atoms with Gasteiger partial charge in [-0.25, -0.2) is 0 Å². The van der Waals surface area contributed by atoms with Crippen LogP contribution in [0.2, 0.25) is 5.02 Å². The molecule has 0 saturated carbocycles. The van der Waals surface area contributed by atoms with Gasteiger partial charge in [-0.2, -0.15) is 5.26 Å². The SMILES string of the molecule is CCN(CC(C)C#N)c1ccc(CCl)c(Cl)c1. The maximum absolute atomic E-state index is 8.84. The lowest BCUT2D eigenvalue weighted by Crippen LogP contribution is -2.27. The molecule has 4 heteroatoms. The predicted molar refractivity (Wildman–Crippen MR) is 73.7 cm³/mol. The summed E-state index contributed by atoms with van der Waals surface area (Å²) in [6.45, 7) is 5.54. The number of hydrogen-bond acceptors (Lipinski definition) is 2. The number of nitrogens with zero attached hydrogens (tertiary/aromatic N) is 2. The van der Waals surface area contributed by atoms with Gasteiger partial charge in [0.1, 0.15) is 0 Å². The Labute approximate surface area is 113 Å². The first-order chi connectivity index (χ1) is 8.12. The molecule has 0 aliphatic carbocycles. The molecule has 0 heterocycles. The Morgan fingerprint density at radius 1 is 1.47 bits per heavy atom. The topological polar surface area (TPSA) is 27.0 Å². The largest absolute Gasteiger partial charge is 0.370 e. The van der Waals surface area contributed by atoms with Gasteiger partial charge < -0.3 is 4.90 Å². The minimum atomic E-state index is 0.00132. The Bertz CT molecular complexity index is 412. The molecule has 2 nitrogen and oxygen atoms in total. The Hall–Kier alpha value is -0.910. The van der Waals surface area contributed by atoms with Crippen molar-refractivity contribution in [3.63, 3.8) is 0 Å². The molecule has 1 unspecified atom stereocenters. The predicted octanol–water partition coefficient (Wildman–Crippen LogP) is 4.06. The number of hydrogen-bond donors (Lipinski definition) is 0. The maximum Gasteiger partial charge on any atom is 0.0671 e. The normalized spacial score (nSPS) is 11.9. The summed E-state index contributed by atoms with van der Waals surface area (Å²) in [7, 11) is 0. The summed E-state index contributed by atoms with van der Waals surface area (Å²) in [5, 5.41) is 9.52. The van der Waals surface area contributed by atoms with Gasteiger partial charge in [0.25, 0.3) is 0 Å². The number of halogens is 2. The van der Waals surface area contributed by atoms with Gasteiger partial charge in [0.15, 0.2) is 0 Å². The molecular formula is C13H16Cl2N2. The third kappa shape index (κ3) is 3.80.